The minimum atomic E-state index is -2.27. The summed E-state index contributed by atoms with van der Waals surface area (Å²) in [5, 5.41) is 18.6. The van der Waals surface area contributed by atoms with Crippen LogP contribution in [0.2, 0.25) is 0 Å². The Hall–Kier alpha value is -5.53. The maximum Gasteiger partial charge on any atom is 0.412 e. The van der Waals surface area contributed by atoms with Gasteiger partial charge in [-0.1, -0.05) is 37.1 Å². The quantitative estimate of drug-likeness (QED) is 0.138. The Bertz CT molecular complexity index is 2280. The molecule has 3 fully saturated rings. The van der Waals surface area contributed by atoms with Gasteiger partial charge in [-0.15, -0.1) is 11.3 Å². The molecule has 10 aliphatic rings. The number of carbonyl (C=O) groups is 6. The van der Waals surface area contributed by atoms with Crippen molar-refractivity contribution in [2.75, 3.05) is 18.0 Å². The molecule has 64 heavy (non-hydrogen) atoms. The van der Waals surface area contributed by atoms with E-state index in [1.54, 1.807) is 47.1 Å². The van der Waals surface area contributed by atoms with Gasteiger partial charge in [0.1, 0.15) is 0 Å². The lowest BCUT2D eigenvalue weighted by molar-refractivity contribution is -0.169. The Morgan fingerprint density at radius 1 is 0.688 bits per heavy atom. The number of fused-ring (bicyclic) bond motifs is 7. The van der Waals surface area contributed by atoms with Crippen molar-refractivity contribution in [1.82, 2.24) is 14.8 Å². The molecule has 1 aromatic rings. The van der Waals surface area contributed by atoms with E-state index in [1.165, 1.54) is 4.88 Å². The number of aryl methyl sites for hydroxylation is 2. The summed E-state index contributed by atoms with van der Waals surface area (Å²) in [7, 11) is 0. The molecule has 11 rings (SSSR count). The van der Waals surface area contributed by atoms with Crippen molar-refractivity contribution in [1.29, 1.82) is 10.8 Å². The van der Waals surface area contributed by atoms with Crippen molar-refractivity contribution in [2.24, 2.45) is 33.8 Å². The number of nitrogens with zero attached hydrogens (tertiary/aromatic N) is 4. The average Bonchev–Trinajstić information content (AvgIpc) is 4.04. The molecule has 18 nitrogen and oxygen atoms in total. The molecule has 0 aromatic carbocycles. The lowest BCUT2D eigenvalue weighted by Crippen LogP contribution is -2.75. The number of hydrogen-bond donors (Lipinski definition) is 6. The van der Waals surface area contributed by atoms with Crippen molar-refractivity contribution < 1.29 is 38.2 Å². The van der Waals surface area contributed by atoms with E-state index in [2.05, 4.69) is 4.90 Å². The van der Waals surface area contributed by atoms with E-state index in [0.717, 1.165) is 47.7 Å². The molecule has 3 aliphatic heterocycles. The Morgan fingerprint density at radius 3 is 1.53 bits per heavy atom. The number of primary amides is 4. The standard InChI is InChI=1S/C45H56N10O8S/c1-42(21-23-11-13-25(42)27(46)19-23)44(35(48)56,37(58)62-39(50)60)53-17-5-8-30(53)32-15-16-33(55(32)41-52-29-7-3-4-10-34(29)64-41)31-9-6-18-54(31)45(36(49)57,38(59)63-40(51)61)43(2)22-24-12-14-26(43)28(47)20-24/h13-14,19-20,30-33,46-47H,3-12,15-18,21-22H2,1-2H3,(H2,48,56)(H2,49,57)(H2,50,60)(H2,51,61)/t30?,31?,32-,33?,42?,43?,44+,45+/m1/s1. The minimum absolute atomic E-state index is 0.148. The number of nitrogens with one attached hydrogen (secondary N) is 2. The van der Waals surface area contributed by atoms with Crippen molar-refractivity contribution in [3.05, 3.63) is 57.2 Å². The number of amides is 4. The van der Waals surface area contributed by atoms with E-state index in [4.69, 9.17) is 48.2 Å². The lowest BCUT2D eigenvalue weighted by atomic mass is 9.55. The highest BCUT2D eigenvalue weighted by Gasteiger charge is 2.71. The largest absolute Gasteiger partial charge is 0.412 e. The molecule has 4 heterocycles. The van der Waals surface area contributed by atoms with Gasteiger partial charge in [0.05, 0.1) is 17.1 Å². The number of esters is 2. The summed E-state index contributed by atoms with van der Waals surface area (Å²) in [6, 6.07) is -1.97. The van der Waals surface area contributed by atoms with Crippen LogP contribution >= 0.6 is 11.3 Å². The molecular weight excluding hydrogens is 841 g/mol. The molecule has 8 atom stereocenters. The lowest BCUT2D eigenvalue weighted by Gasteiger charge is -2.56. The van der Waals surface area contributed by atoms with Crippen LogP contribution in [0.25, 0.3) is 0 Å². The van der Waals surface area contributed by atoms with Gasteiger partial charge in [-0.25, -0.2) is 24.2 Å². The molecule has 0 spiro atoms. The van der Waals surface area contributed by atoms with E-state index in [9.17, 15) is 28.8 Å². The van der Waals surface area contributed by atoms with Gasteiger partial charge in [-0.2, -0.15) is 0 Å². The second-order valence-corrected chi connectivity index (χ2v) is 20.2. The predicted octanol–water partition coefficient (Wildman–Crippen LogP) is 3.35. The van der Waals surface area contributed by atoms with Crippen LogP contribution in [0.1, 0.15) is 101 Å². The van der Waals surface area contributed by atoms with Crippen LogP contribution in [0.4, 0.5) is 14.7 Å². The van der Waals surface area contributed by atoms with Crippen molar-refractivity contribution in [2.45, 2.75) is 139 Å². The molecule has 5 unspecified atom stereocenters. The van der Waals surface area contributed by atoms with Crippen LogP contribution < -0.4 is 27.8 Å². The fourth-order valence-corrected chi connectivity index (χ4v) is 14.9. The summed E-state index contributed by atoms with van der Waals surface area (Å²) in [4.78, 5) is 95.7. The van der Waals surface area contributed by atoms with Gasteiger partial charge in [-0.05, 0) is 113 Å². The summed E-state index contributed by atoms with van der Waals surface area (Å²) in [5.74, 6) is -4.43. The van der Waals surface area contributed by atoms with Gasteiger partial charge in [0.25, 0.3) is 11.8 Å². The van der Waals surface area contributed by atoms with Crippen molar-refractivity contribution >= 4 is 63.8 Å². The Labute approximate surface area is 374 Å². The van der Waals surface area contributed by atoms with Crippen molar-refractivity contribution in [3.8, 4) is 0 Å². The number of rotatable bonds is 11. The number of ether oxygens (including phenoxy) is 2. The zero-order valence-corrected chi connectivity index (χ0v) is 37.0. The zero-order valence-electron chi connectivity index (χ0n) is 36.2. The molecular formula is C45H56N10O8S. The van der Waals surface area contributed by atoms with Crippen LogP contribution in [-0.4, -0.2) is 110 Å². The van der Waals surface area contributed by atoms with Gasteiger partial charge in [0.15, 0.2) is 5.13 Å². The molecule has 1 aromatic heterocycles. The number of carbonyl (C=O) groups excluding carboxylic acids is 6. The first kappa shape index (κ1) is 43.7. The molecule has 0 saturated carbocycles. The molecule has 340 valence electrons. The smallest absolute Gasteiger partial charge is 0.375 e. The highest BCUT2D eigenvalue weighted by Crippen LogP contribution is 2.58. The fourth-order valence-electron chi connectivity index (χ4n) is 13.7. The third kappa shape index (κ3) is 6.12. The van der Waals surface area contributed by atoms with Gasteiger partial charge >= 0.3 is 24.1 Å². The minimum Gasteiger partial charge on any atom is -0.375 e. The molecule has 4 amide bonds. The number of hydrogen-bond acceptors (Lipinski definition) is 15. The number of nitrogens with two attached hydrogens (primary N) is 4. The third-order valence-electron chi connectivity index (χ3n) is 15.9. The van der Waals surface area contributed by atoms with E-state index in [1.807, 2.05) is 12.2 Å². The highest BCUT2D eigenvalue weighted by atomic mass is 32.1. The summed E-state index contributed by atoms with van der Waals surface area (Å²) >= 11 is 1.59. The molecule has 3 saturated heterocycles. The summed E-state index contributed by atoms with van der Waals surface area (Å²) < 4.78 is 10.4. The topological polar surface area (TPSA) is 295 Å². The summed E-state index contributed by atoms with van der Waals surface area (Å²) in [5.41, 5.74) is 20.5. The van der Waals surface area contributed by atoms with E-state index < -0.39 is 82.0 Å². The number of aromatic nitrogens is 1. The first-order valence-corrected chi connectivity index (χ1v) is 23.1. The number of anilines is 1. The summed E-state index contributed by atoms with van der Waals surface area (Å²) in [6.45, 7) is 3.94. The van der Waals surface area contributed by atoms with E-state index in [0.29, 0.717) is 62.5 Å². The normalized spacial score (nSPS) is 31.9. The first-order valence-electron chi connectivity index (χ1n) is 22.3. The number of thiazole rings is 1. The van der Waals surface area contributed by atoms with Crippen LogP contribution in [0.5, 0.6) is 0 Å². The predicted molar refractivity (Wildman–Crippen MR) is 235 cm³/mol. The number of allylic oxidation sites excluding steroid dienone is 6. The maximum absolute atomic E-state index is 14.8. The zero-order chi connectivity index (χ0) is 45.7. The van der Waals surface area contributed by atoms with Crippen molar-refractivity contribution in [3.63, 3.8) is 0 Å². The SMILES string of the molecule is CC1([C@](C(N)=O)(C(=O)OC(N)=O)N2CCCC2C2CC[C@H](C3CCCN3[C@@](C(N)=O)(C(=O)OC(N)=O)C3(C)CC4=CC(=N)C3=CC4)N2c2nc3c(s2)CCCC3)CC2=CC(=N)C1=CC2. The van der Waals surface area contributed by atoms with Crippen LogP contribution in [0.3, 0.4) is 0 Å². The molecule has 0 radical (unpaired) electrons. The number of likely N-dealkylation sites (tertiary alicyclic amines) is 2. The molecule has 7 aliphatic carbocycles. The van der Waals surface area contributed by atoms with Gasteiger partial charge < -0.3 is 48.1 Å². The molecule has 4 bridgehead atoms. The van der Waals surface area contributed by atoms with Gasteiger partial charge in [0.2, 0.25) is 11.1 Å². The van der Waals surface area contributed by atoms with Crippen LogP contribution in [-0.2, 0) is 41.5 Å². The summed E-state index contributed by atoms with van der Waals surface area (Å²) in [6.07, 6.45) is 12.8. The van der Waals surface area contributed by atoms with E-state index >= 15 is 0 Å². The Morgan fingerprint density at radius 2 is 1.14 bits per heavy atom. The van der Waals surface area contributed by atoms with E-state index in [-0.39, 0.29) is 37.4 Å². The van der Waals surface area contributed by atoms with Gasteiger partial charge in [0, 0.05) is 53.0 Å². The second-order valence-electron chi connectivity index (χ2n) is 19.2. The van der Waals surface area contributed by atoms with Gasteiger partial charge in [-0.3, -0.25) is 19.4 Å². The second kappa shape index (κ2) is 15.6. The third-order valence-corrected chi connectivity index (χ3v) is 17.1. The van der Waals surface area contributed by atoms with Crippen LogP contribution in [0.15, 0.2) is 46.6 Å². The monoisotopic (exact) mass is 896 g/mol. The first-order chi connectivity index (χ1) is 30.4. The Kier molecular flexibility index (Phi) is 10.6. The average molecular weight is 897 g/mol. The molecule has 19 heteroatoms. The fraction of sp³-hybridized carbons (Fsp3) is 0.578. The maximum atomic E-state index is 14.8. The van der Waals surface area contributed by atoms with Crippen LogP contribution in [0, 0.1) is 21.6 Å². The highest BCUT2D eigenvalue weighted by molar-refractivity contribution is 7.15. The molecule has 10 N–H and O–H groups in total. The Balaban J connectivity index is 1.19.